The minimum Gasteiger partial charge on any atom is -0.397 e. The van der Waals surface area contributed by atoms with Crippen molar-refractivity contribution in [3.8, 4) is 22.4 Å². The van der Waals surface area contributed by atoms with Gasteiger partial charge in [0.1, 0.15) is 0 Å². The van der Waals surface area contributed by atoms with E-state index in [1.54, 1.807) is 36.7 Å². The van der Waals surface area contributed by atoms with Crippen LogP contribution in [0.15, 0.2) is 59.9 Å². The number of nitrogens with zero attached hydrogens (tertiary/aromatic N) is 2. The van der Waals surface area contributed by atoms with Crippen LogP contribution in [0.4, 0.5) is 5.69 Å². The lowest BCUT2D eigenvalue weighted by Crippen LogP contribution is -2.25. The van der Waals surface area contributed by atoms with E-state index in [-0.39, 0.29) is 16.5 Å². The maximum absolute atomic E-state index is 12.3. The molecule has 8 nitrogen and oxygen atoms in total. The van der Waals surface area contributed by atoms with E-state index in [1.807, 2.05) is 6.07 Å². The van der Waals surface area contributed by atoms with Crippen molar-refractivity contribution in [2.45, 2.75) is 23.8 Å². The molecule has 0 aliphatic heterocycles. The molecule has 0 radical (unpaired) electrons. The van der Waals surface area contributed by atoms with Crippen LogP contribution >= 0.6 is 0 Å². The maximum atomic E-state index is 12.3. The Morgan fingerprint density at radius 3 is 2.31 bits per heavy atom. The molecule has 0 unspecified atom stereocenters. The highest BCUT2D eigenvalue weighted by atomic mass is 32.2. The van der Waals surface area contributed by atoms with Gasteiger partial charge >= 0.3 is 0 Å². The van der Waals surface area contributed by atoms with Gasteiger partial charge in [-0.1, -0.05) is 12.1 Å². The summed E-state index contributed by atoms with van der Waals surface area (Å²) >= 11 is 0. The van der Waals surface area contributed by atoms with Gasteiger partial charge in [-0.2, -0.15) is 0 Å². The number of benzene rings is 1. The van der Waals surface area contributed by atoms with Gasteiger partial charge in [-0.25, -0.2) is 13.1 Å². The molecule has 1 aliphatic rings. The van der Waals surface area contributed by atoms with E-state index in [2.05, 4.69) is 14.7 Å². The summed E-state index contributed by atoms with van der Waals surface area (Å²) in [7, 11) is -3.49. The van der Waals surface area contributed by atoms with Crippen LogP contribution < -0.4 is 16.2 Å². The van der Waals surface area contributed by atoms with Crippen LogP contribution in [0.2, 0.25) is 0 Å². The molecule has 0 spiro atoms. The summed E-state index contributed by atoms with van der Waals surface area (Å²) in [5.74, 6) is -0.603. The van der Waals surface area contributed by atoms with Crippen molar-refractivity contribution < 1.29 is 13.2 Å². The number of primary amides is 1. The van der Waals surface area contributed by atoms with Crippen molar-refractivity contribution in [1.29, 1.82) is 0 Å². The molecular formula is C20H19N5O3S. The molecule has 9 heteroatoms. The number of carbonyl (C=O) groups is 1. The number of rotatable bonds is 6. The molecule has 29 heavy (non-hydrogen) atoms. The van der Waals surface area contributed by atoms with Crippen molar-refractivity contribution in [2.75, 3.05) is 5.73 Å². The second-order valence-electron chi connectivity index (χ2n) is 6.91. The Balaban J connectivity index is 1.63. The molecule has 1 amide bonds. The van der Waals surface area contributed by atoms with Gasteiger partial charge < -0.3 is 11.5 Å². The Labute approximate surface area is 168 Å². The van der Waals surface area contributed by atoms with Crippen LogP contribution in [0.5, 0.6) is 0 Å². The molecule has 2 aromatic heterocycles. The van der Waals surface area contributed by atoms with E-state index >= 15 is 0 Å². The lowest BCUT2D eigenvalue weighted by atomic mass is 10.0. The number of nitrogens with two attached hydrogens (primary N) is 2. The van der Waals surface area contributed by atoms with E-state index in [0.717, 1.165) is 24.0 Å². The first-order valence-corrected chi connectivity index (χ1v) is 10.5. The fourth-order valence-electron chi connectivity index (χ4n) is 2.90. The predicted molar refractivity (Wildman–Crippen MR) is 109 cm³/mol. The van der Waals surface area contributed by atoms with Gasteiger partial charge in [0.15, 0.2) is 0 Å². The van der Waals surface area contributed by atoms with Crippen LogP contribution in [0.3, 0.4) is 0 Å². The fraction of sp³-hybridized carbons (Fsp3) is 0.150. The third kappa shape index (κ3) is 4.10. The number of hydrogen-bond acceptors (Lipinski definition) is 6. The molecule has 0 atom stereocenters. The van der Waals surface area contributed by atoms with Crippen LogP contribution in [-0.4, -0.2) is 30.3 Å². The summed E-state index contributed by atoms with van der Waals surface area (Å²) in [6.07, 6.45) is 6.42. The lowest BCUT2D eigenvalue weighted by Gasteiger charge is -2.09. The van der Waals surface area contributed by atoms with Crippen molar-refractivity contribution in [3.05, 3.63) is 60.6 Å². The number of carbonyl (C=O) groups excluding carboxylic acids is 1. The zero-order valence-electron chi connectivity index (χ0n) is 15.4. The standard InChI is InChI=1S/C20H19N5O3S/c21-18-8-15(20(22)26)11-24-19(18)14-7-13(9-23-10-14)12-1-5-17(6-2-12)29(27,28)25-16-3-4-16/h1-2,5-11,16,25H,3-4,21H2,(H2,22,26). The average molecular weight is 409 g/mol. The molecular weight excluding hydrogens is 390 g/mol. The second kappa shape index (κ2) is 7.26. The number of nitrogen functional groups attached to an aromatic ring is 1. The molecule has 3 aromatic rings. The summed E-state index contributed by atoms with van der Waals surface area (Å²) in [5, 5.41) is 0. The third-order valence-electron chi connectivity index (χ3n) is 4.61. The summed E-state index contributed by atoms with van der Waals surface area (Å²) < 4.78 is 27.3. The van der Waals surface area contributed by atoms with E-state index < -0.39 is 15.9 Å². The van der Waals surface area contributed by atoms with Gasteiger partial charge in [0.2, 0.25) is 15.9 Å². The molecule has 1 aliphatic carbocycles. The second-order valence-corrected chi connectivity index (χ2v) is 8.62. The van der Waals surface area contributed by atoms with Crippen LogP contribution in [-0.2, 0) is 10.0 Å². The van der Waals surface area contributed by atoms with Gasteiger partial charge in [-0.15, -0.1) is 0 Å². The molecule has 0 bridgehead atoms. The van der Waals surface area contributed by atoms with Gasteiger partial charge in [-0.3, -0.25) is 14.8 Å². The molecule has 148 valence electrons. The van der Waals surface area contributed by atoms with Gasteiger partial charge in [0.25, 0.3) is 0 Å². The minimum atomic E-state index is -3.49. The zero-order chi connectivity index (χ0) is 20.6. The number of pyridine rings is 2. The average Bonchev–Trinajstić information content (AvgIpc) is 3.51. The molecule has 1 aromatic carbocycles. The quantitative estimate of drug-likeness (QED) is 0.568. The first-order valence-electron chi connectivity index (χ1n) is 8.97. The van der Waals surface area contributed by atoms with Crippen LogP contribution in [0, 0.1) is 0 Å². The smallest absolute Gasteiger partial charge is 0.250 e. The van der Waals surface area contributed by atoms with Crippen LogP contribution in [0.1, 0.15) is 23.2 Å². The summed E-state index contributed by atoms with van der Waals surface area (Å²) in [6, 6.07) is 9.98. The van der Waals surface area contributed by atoms with Crippen molar-refractivity contribution in [2.24, 2.45) is 5.73 Å². The van der Waals surface area contributed by atoms with E-state index in [1.165, 1.54) is 12.3 Å². The Kier molecular flexibility index (Phi) is 4.77. The van der Waals surface area contributed by atoms with Gasteiger partial charge in [0.05, 0.1) is 21.8 Å². The van der Waals surface area contributed by atoms with Gasteiger partial charge in [0, 0.05) is 35.8 Å². The molecule has 4 rings (SSSR count). The monoisotopic (exact) mass is 409 g/mol. The molecule has 1 saturated carbocycles. The number of amides is 1. The normalized spacial score (nSPS) is 13.9. The maximum Gasteiger partial charge on any atom is 0.250 e. The largest absolute Gasteiger partial charge is 0.397 e. The summed E-state index contributed by atoms with van der Waals surface area (Å²) in [5.41, 5.74) is 14.5. The lowest BCUT2D eigenvalue weighted by molar-refractivity contribution is 0.1000. The highest BCUT2D eigenvalue weighted by Crippen LogP contribution is 2.29. The SMILES string of the molecule is NC(=O)c1cnc(-c2cncc(-c3ccc(S(=O)(=O)NC4CC4)cc3)c2)c(N)c1. The minimum absolute atomic E-state index is 0.0551. The number of anilines is 1. The first-order chi connectivity index (χ1) is 13.8. The fourth-order valence-corrected chi connectivity index (χ4v) is 4.21. The highest BCUT2D eigenvalue weighted by molar-refractivity contribution is 7.89. The summed E-state index contributed by atoms with van der Waals surface area (Å²) in [4.78, 5) is 20.0. The Bertz CT molecular complexity index is 1190. The Hall–Kier alpha value is -3.30. The van der Waals surface area contributed by atoms with E-state index in [9.17, 15) is 13.2 Å². The van der Waals surface area contributed by atoms with Crippen molar-refractivity contribution in [1.82, 2.24) is 14.7 Å². The van der Waals surface area contributed by atoms with E-state index in [0.29, 0.717) is 16.9 Å². The third-order valence-corrected chi connectivity index (χ3v) is 6.15. The number of aromatic nitrogens is 2. The number of nitrogens with one attached hydrogen (secondary N) is 1. The first kappa shape index (κ1) is 19.0. The highest BCUT2D eigenvalue weighted by Gasteiger charge is 2.27. The predicted octanol–water partition coefficient (Wildman–Crippen LogP) is 1.93. The zero-order valence-corrected chi connectivity index (χ0v) is 16.2. The van der Waals surface area contributed by atoms with Gasteiger partial charge in [-0.05, 0) is 42.7 Å². The summed E-state index contributed by atoms with van der Waals surface area (Å²) in [6.45, 7) is 0. The molecule has 5 N–H and O–H groups in total. The number of sulfonamides is 1. The van der Waals surface area contributed by atoms with Crippen molar-refractivity contribution in [3.63, 3.8) is 0 Å². The topological polar surface area (TPSA) is 141 Å². The van der Waals surface area contributed by atoms with Crippen molar-refractivity contribution >= 4 is 21.6 Å². The number of hydrogen-bond donors (Lipinski definition) is 3. The molecule has 2 heterocycles. The Morgan fingerprint density at radius 2 is 1.69 bits per heavy atom. The van der Waals surface area contributed by atoms with E-state index in [4.69, 9.17) is 11.5 Å². The molecule has 0 saturated heterocycles. The molecule has 1 fully saturated rings. The Morgan fingerprint density at radius 1 is 1.00 bits per heavy atom. The van der Waals surface area contributed by atoms with Crippen LogP contribution in [0.25, 0.3) is 22.4 Å².